The van der Waals surface area contributed by atoms with Gasteiger partial charge in [0.25, 0.3) is 0 Å². The van der Waals surface area contributed by atoms with Crippen LogP contribution >= 0.6 is 11.6 Å². The first-order chi connectivity index (χ1) is 7.22. The van der Waals surface area contributed by atoms with Crippen LogP contribution in [0.25, 0.3) is 10.9 Å². The lowest BCUT2D eigenvalue weighted by molar-refractivity contribution is 0.178. The smallest absolute Gasteiger partial charge is 0.132 e. The van der Waals surface area contributed by atoms with E-state index in [0.717, 1.165) is 16.5 Å². The topological polar surface area (TPSA) is 60.9 Å². The molecule has 0 aliphatic heterocycles. The van der Waals surface area contributed by atoms with Crippen LogP contribution in [0.2, 0.25) is 5.15 Å². The Balaban J connectivity index is 2.41. The Kier molecular flexibility index (Phi) is 2.90. The van der Waals surface area contributed by atoms with Gasteiger partial charge in [0.15, 0.2) is 0 Å². The van der Waals surface area contributed by atoms with Crippen LogP contribution in [0.1, 0.15) is 11.7 Å². The van der Waals surface area contributed by atoms with E-state index in [1.165, 1.54) is 0 Å². The maximum absolute atomic E-state index is 9.77. The van der Waals surface area contributed by atoms with Crippen molar-refractivity contribution in [1.82, 2.24) is 15.5 Å². The van der Waals surface area contributed by atoms with Crippen LogP contribution in [-0.4, -0.2) is 28.9 Å². The lowest BCUT2D eigenvalue weighted by atomic mass is 10.1. The predicted octanol–water partition coefficient (Wildman–Crippen LogP) is 1.47. The molecular formula is C10H12ClN3O. The van der Waals surface area contributed by atoms with Gasteiger partial charge in [0.1, 0.15) is 5.15 Å². The highest BCUT2D eigenvalue weighted by Crippen LogP contribution is 2.24. The van der Waals surface area contributed by atoms with Crippen molar-refractivity contribution in [2.24, 2.45) is 0 Å². The molecule has 0 aliphatic carbocycles. The fourth-order valence-electron chi connectivity index (χ4n) is 1.51. The molecule has 1 aromatic carbocycles. The summed E-state index contributed by atoms with van der Waals surface area (Å²) in [4.78, 5) is 0. The van der Waals surface area contributed by atoms with Gasteiger partial charge in [-0.2, -0.15) is 5.10 Å². The van der Waals surface area contributed by atoms with Crippen LogP contribution in [0.15, 0.2) is 18.2 Å². The second kappa shape index (κ2) is 4.18. The van der Waals surface area contributed by atoms with Gasteiger partial charge in [-0.1, -0.05) is 17.7 Å². The van der Waals surface area contributed by atoms with E-state index < -0.39 is 6.10 Å². The summed E-state index contributed by atoms with van der Waals surface area (Å²) in [7, 11) is 1.80. The van der Waals surface area contributed by atoms with Gasteiger partial charge in [-0.25, -0.2) is 0 Å². The molecule has 0 saturated carbocycles. The van der Waals surface area contributed by atoms with Crippen molar-refractivity contribution in [3.05, 3.63) is 28.9 Å². The van der Waals surface area contributed by atoms with Gasteiger partial charge in [0.05, 0.1) is 11.6 Å². The van der Waals surface area contributed by atoms with Crippen LogP contribution < -0.4 is 5.32 Å². The summed E-state index contributed by atoms with van der Waals surface area (Å²) in [5.41, 5.74) is 1.64. The highest BCUT2D eigenvalue weighted by molar-refractivity contribution is 6.34. The Labute approximate surface area is 92.3 Å². The summed E-state index contributed by atoms with van der Waals surface area (Å²) in [6.45, 7) is 0.515. The Hall–Kier alpha value is -1.10. The standard InChI is InChI=1S/C10H12ClN3O/c1-12-5-9(15)6-2-3-8-7(4-6)10(11)14-13-8/h2-4,9,12,15H,5H2,1H3,(H,13,14). The minimum atomic E-state index is -0.523. The third kappa shape index (κ3) is 1.97. The van der Waals surface area contributed by atoms with E-state index in [1.54, 1.807) is 7.05 Å². The molecule has 4 nitrogen and oxygen atoms in total. The maximum Gasteiger partial charge on any atom is 0.132 e. The molecule has 1 aromatic heterocycles. The quantitative estimate of drug-likeness (QED) is 0.742. The summed E-state index contributed by atoms with van der Waals surface area (Å²) in [6, 6.07) is 5.54. The molecule has 1 unspecified atom stereocenters. The monoisotopic (exact) mass is 225 g/mol. The molecule has 2 rings (SSSR count). The molecule has 3 N–H and O–H groups in total. The van der Waals surface area contributed by atoms with Gasteiger partial charge in [-0.15, -0.1) is 0 Å². The van der Waals surface area contributed by atoms with Crippen LogP contribution in [0.5, 0.6) is 0 Å². The number of aromatic nitrogens is 2. The van der Waals surface area contributed by atoms with Crippen molar-refractivity contribution < 1.29 is 5.11 Å². The Morgan fingerprint density at radius 1 is 1.60 bits per heavy atom. The summed E-state index contributed by atoms with van der Waals surface area (Å²) in [5, 5.41) is 20.7. The van der Waals surface area contributed by atoms with Gasteiger partial charge >= 0.3 is 0 Å². The molecule has 0 radical (unpaired) electrons. The first-order valence-electron chi connectivity index (χ1n) is 4.68. The van der Waals surface area contributed by atoms with Crippen molar-refractivity contribution in [3.63, 3.8) is 0 Å². The average Bonchev–Trinajstić information content (AvgIpc) is 2.60. The summed E-state index contributed by atoms with van der Waals surface area (Å²) in [6.07, 6.45) is -0.523. The van der Waals surface area contributed by atoms with Crippen LogP contribution in [0.4, 0.5) is 0 Å². The van der Waals surface area contributed by atoms with Gasteiger partial charge in [0, 0.05) is 11.9 Å². The third-order valence-corrected chi connectivity index (χ3v) is 2.60. The summed E-state index contributed by atoms with van der Waals surface area (Å²) < 4.78 is 0. The number of likely N-dealkylation sites (N-methyl/N-ethyl adjacent to an activating group) is 1. The van der Waals surface area contributed by atoms with Gasteiger partial charge in [0.2, 0.25) is 0 Å². The van der Waals surface area contributed by atoms with E-state index in [1.807, 2.05) is 18.2 Å². The molecular weight excluding hydrogens is 214 g/mol. The average molecular weight is 226 g/mol. The number of halogens is 1. The van der Waals surface area contributed by atoms with Crippen LogP contribution in [0, 0.1) is 0 Å². The van der Waals surface area contributed by atoms with Gasteiger partial charge in [-0.3, -0.25) is 5.10 Å². The third-order valence-electron chi connectivity index (χ3n) is 2.31. The molecule has 0 fully saturated rings. The minimum Gasteiger partial charge on any atom is -0.387 e. The molecule has 0 bridgehead atoms. The van der Waals surface area contributed by atoms with E-state index in [0.29, 0.717) is 11.7 Å². The van der Waals surface area contributed by atoms with Gasteiger partial charge in [-0.05, 0) is 24.7 Å². The van der Waals surface area contributed by atoms with Gasteiger partial charge < -0.3 is 10.4 Å². The predicted molar refractivity (Wildman–Crippen MR) is 60.0 cm³/mol. The molecule has 1 heterocycles. The SMILES string of the molecule is CNCC(O)c1ccc2n[nH]c(Cl)c2c1. The number of rotatable bonds is 3. The number of hydrogen-bond donors (Lipinski definition) is 3. The van der Waals surface area contributed by atoms with E-state index in [-0.39, 0.29) is 0 Å². The summed E-state index contributed by atoms with van der Waals surface area (Å²) >= 11 is 5.91. The summed E-state index contributed by atoms with van der Waals surface area (Å²) in [5.74, 6) is 0. The first kappa shape index (κ1) is 10.4. The fourth-order valence-corrected chi connectivity index (χ4v) is 1.71. The number of H-pyrrole nitrogens is 1. The number of fused-ring (bicyclic) bond motifs is 1. The molecule has 80 valence electrons. The molecule has 15 heavy (non-hydrogen) atoms. The van der Waals surface area contributed by atoms with Crippen molar-refractivity contribution in [2.45, 2.75) is 6.10 Å². The molecule has 2 aromatic rings. The molecule has 0 spiro atoms. The van der Waals surface area contributed by atoms with Crippen molar-refractivity contribution >= 4 is 22.5 Å². The number of aliphatic hydroxyl groups excluding tert-OH is 1. The normalized spacial score (nSPS) is 13.3. The fraction of sp³-hybridized carbons (Fsp3) is 0.300. The van der Waals surface area contributed by atoms with Crippen molar-refractivity contribution in [3.8, 4) is 0 Å². The molecule has 5 heteroatoms. The van der Waals surface area contributed by atoms with E-state index in [2.05, 4.69) is 15.5 Å². The second-order valence-corrected chi connectivity index (χ2v) is 3.77. The van der Waals surface area contributed by atoms with E-state index in [9.17, 15) is 5.11 Å². The zero-order chi connectivity index (χ0) is 10.8. The molecule has 0 aliphatic rings. The molecule has 0 saturated heterocycles. The number of nitrogens with zero attached hydrogens (tertiary/aromatic N) is 1. The molecule has 1 atom stereocenters. The Morgan fingerprint density at radius 2 is 2.40 bits per heavy atom. The van der Waals surface area contributed by atoms with Crippen LogP contribution in [0.3, 0.4) is 0 Å². The molecule has 0 amide bonds. The number of nitrogens with one attached hydrogen (secondary N) is 2. The number of aliphatic hydroxyl groups is 1. The first-order valence-corrected chi connectivity index (χ1v) is 5.06. The van der Waals surface area contributed by atoms with Crippen LogP contribution in [-0.2, 0) is 0 Å². The second-order valence-electron chi connectivity index (χ2n) is 3.39. The number of hydrogen-bond acceptors (Lipinski definition) is 3. The zero-order valence-corrected chi connectivity index (χ0v) is 9.04. The number of aromatic amines is 1. The minimum absolute atomic E-state index is 0.503. The maximum atomic E-state index is 9.77. The highest BCUT2D eigenvalue weighted by atomic mass is 35.5. The Morgan fingerprint density at radius 3 is 3.13 bits per heavy atom. The van der Waals surface area contributed by atoms with Crippen molar-refractivity contribution in [1.29, 1.82) is 0 Å². The Bertz CT molecular complexity index is 469. The lowest BCUT2D eigenvalue weighted by Gasteiger charge is -2.09. The zero-order valence-electron chi connectivity index (χ0n) is 8.29. The number of benzene rings is 1. The van der Waals surface area contributed by atoms with E-state index >= 15 is 0 Å². The largest absolute Gasteiger partial charge is 0.387 e. The highest BCUT2D eigenvalue weighted by Gasteiger charge is 2.09. The lowest BCUT2D eigenvalue weighted by Crippen LogP contribution is -2.16. The van der Waals surface area contributed by atoms with E-state index in [4.69, 9.17) is 11.6 Å². The van der Waals surface area contributed by atoms with Crippen molar-refractivity contribution in [2.75, 3.05) is 13.6 Å².